The molecule has 1 fully saturated rings. The van der Waals surface area contributed by atoms with Crippen LogP contribution < -0.4 is 5.32 Å². The van der Waals surface area contributed by atoms with Gasteiger partial charge in [0.05, 0.1) is 11.3 Å². The maximum Gasteiger partial charge on any atom is 0.227 e. The molecule has 0 saturated carbocycles. The molecule has 3 atom stereocenters. The van der Waals surface area contributed by atoms with Crippen molar-refractivity contribution in [1.82, 2.24) is 5.32 Å². The molecular formula is C15H31NO2SSi. The monoisotopic (exact) mass is 317 g/mol. The van der Waals surface area contributed by atoms with E-state index in [1.54, 1.807) is 0 Å². The normalized spacial score (nSPS) is 25.4. The van der Waals surface area contributed by atoms with E-state index < -0.39 is 9.04 Å². The van der Waals surface area contributed by atoms with Gasteiger partial charge in [-0.25, -0.2) is 0 Å². The van der Waals surface area contributed by atoms with Crippen LogP contribution in [-0.4, -0.2) is 31.7 Å². The summed E-state index contributed by atoms with van der Waals surface area (Å²) in [5.74, 6) is 0.554. The molecule has 1 aliphatic heterocycles. The van der Waals surface area contributed by atoms with E-state index in [-0.39, 0.29) is 33.3 Å². The van der Waals surface area contributed by atoms with Crippen LogP contribution in [0.1, 0.15) is 41.5 Å². The number of hydrogen-bond acceptors (Lipinski definition) is 3. The Labute approximate surface area is 130 Å². The van der Waals surface area contributed by atoms with Crippen LogP contribution in [0.4, 0.5) is 0 Å². The van der Waals surface area contributed by atoms with Crippen LogP contribution in [0.3, 0.4) is 0 Å². The number of nitrogens with one attached hydrogen (secondary N) is 1. The molecule has 1 N–H and O–H groups in total. The highest BCUT2D eigenvalue weighted by atomic mass is 32.2. The van der Waals surface area contributed by atoms with Crippen LogP contribution >= 0.6 is 11.8 Å². The molecule has 0 aromatic heterocycles. The predicted octanol–water partition coefficient (Wildman–Crippen LogP) is 3.25. The summed E-state index contributed by atoms with van der Waals surface area (Å²) in [5.41, 5.74) is 0.0857. The number of amides is 1. The van der Waals surface area contributed by atoms with E-state index in [9.17, 15) is 4.79 Å². The Morgan fingerprint density at radius 3 is 2.15 bits per heavy atom. The molecule has 5 heteroatoms. The van der Waals surface area contributed by atoms with Crippen molar-refractivity contribution in [2.75, 3.05) is 6.61 Å². The molecule has 0 bridgehead atoms. The molecule has 3 nitrogen and oxygen atoms in total. The Morgan fingerprint density at radius 1 is 1.25 bits per heavy atom. The Balaban J connectivity index is 2.80. The van der Waals surface area contributed by atoms with Crippen molar-refractivity contribution in [2.45, 2.75) is 64.8 Å². The number of thioether (sulfide) groups is 1. The highest BCUT2D eigenvalue weighted by Gasteiger charge is 2.49. The highest BCUT2D eigenvalue weighted by molar-refractivity contribution is 8.01. The lowest BCUT2D eigenvalue weighted by Crippen LogP contribution is -2.62. The summed E-state index contributed by atoms with van der Waals surface area (Å²) in [5, 5.41) is 3.30. The fraction of sp³-hybridized carbons (Fsp3) is 0.933. The maximum absolute atomic E-state index is 12.1. The maximum atomic E-state index is 12.1. The van der Waals surface area contributed by atoms with Crippen molar-refractivity contribution in [2.24, 2.45) is 17.3 Å². The number of hydrogen-bond donors (Lipinski definition) is 1. The summed E-state index contributed by atoms with van der Waals surface area (Å²) in [7, 11) is -1.05. The van der Waals surface area contributed by atoms with Crippen molar-refractivity contribution in [3.05, 3.63) is 0 Å². The van der Waals surface area contributed by atoms with Crippen LogP contribution in [0.5, 0.6) is 0 Å². The van der Waals surface area contributed by atoms with E-state index in [0.29, 0.717) is 6.61 Å². The third-order valence-electron chi connectivity index (χ3n) is 3.55. The summed E-state index contributed by atoms with van der Waals surface area (Å²) < 4.78 is 6.12. The molecule has 0 unspecified atom stereocenters. The van der Waals surface area contributed by atoms with Crippen molar-refractivity contribution in [1.29, 1.82) is 0 Å². The van der Waals surface area contributed by atoms with Gasteiger partial charge in [0, 0.05) is 17.3 Å². The average Bonchev–Trinajstić information content (AvgIpc) is 2.19. The van der Waals surface area contributed by atoms with Gasteiger partial charge in [-0.05, 0) is 18.5 Å². The van der Waals surface area contributed by atoms with Crippen LogP contribution in [0.2, 0.25) is 13.1 Å². The van der Waals surface area contributed by atoms with Crippen molar-refractivity contribution >= 4 is 26.7 Å². The number of β-lactam (4-membered cyclic amide) rings is 1. The summed E-state index contributed by atoms with van der Waals surface area (Å²) in [4.78, 5) is 12.1. The van der Waals surface area contributed by atoms with Gasteiger partial charge < -0.3 is 9.74 Å². The topological polar surface area (TPSA) is 38.3 Å². The predicted molar refractivity (Wildman–Crippen MR) is 90.5 cm³/mol. The summed E-state index contributed by atoms with van der Waals surface area (Å²) in [6.07, 6.45) is 0. The van der Waals surface area contributed by atoms with E-state index in [2.05, 4.69) is 60.0 Å². The van der Waals surface area contributed by atoms with Gasteiger partial charge in [0.2, 0.25) is 5.91 Å². The minimum atomic E-state index is -1.05. The highest BCUT2D eigenvalue weighted by Crippen LogP contribution is 2.44. The van der Waals surface area contributed by atoms with Crippen molar-refractivity contribution < 1.29 is 9.22 Å². The van der Waals surface area contributed by atoms with Gasteiger partial charge >= 0.3 is 0 Å². The summed E-state index contributed by atoms with van der Waals surface area (Å²) >= 11 is 1.86. The summed E-state index contributed by atoms with van der Waals surface area (Å²) in [6, 6.07) is 0. The van der Waals surface area contributed by atoms with Gasteiger partial charge in [-0.2, -0.15) is 0 Å². The summed E-state index contributed by atoms with van der Waals surface area (Å²) in [6.45, 7) is 18.3. The molecule has 0 radical (unpaired) electrons. The molecule has 1 aliphatic rings. The SMILES string of the molecule is C[SiH](C)OC[C@H]([C@H]1C(=O)N[C@@H]1SC(C)(C)C)C(C)(C)C. The van der Waals surface area contributed by atoms with Gasteiger partial charge in [-0.15, -0.1) is 11.8 Å². The second-order valence-corrected chi connectivity index (χ2v) is 12.4. The molecule has 118 valence electrons. The first-order valence-electron chi connectivity index (χ1n) is 7.51. The molecule has 1 saturated heterocycles. The van der Waals surface area contributed by atoms with Gasteiger partial charge in [-0.1, -0.05) is 41.5 Å². The van der Waals surface area contributed by atoms with Crippen LogP contribution in [0.25, 0.3) is 0 Å². The molecule has 0 aromatic carbocycles. The zero-order chi connectivity index (χ0) is 15.7. The third kappa shape index (κ3) is 5.08. The second kappa shape index (κ2) is 6.40. The molecule has 1 amide bonds. The molecule has 1 rings (SSSR count). The number of carbonyl (C=O) groups is 1. The van der Waals surface area contributed by atoms with Crippen LogP contribution in [-0.2, 0) is 9.22 Å². The van der Waals surface area contributed by atoms with Gasteiger partial charge in [0.1, 0.15) is 0 Å². The fourth-order valence-corrected chi connectivity index (χ4v) is 4.42. The van der Waals surface area contributed by atoms with Gasteiger partial charge in [-0.3, -0.25) is 4.79 Å². The minimum absolute atomic E-state index is 0.0759. The molecule has 0 aromatic rings. The lowest BCUT2D eigenvalue weighted by atomic mass is 9.71. The fourth-order valence-electron chi connectivity index (χ4n) is 2.43. The van der Waals surface area contributed by atoms with Crippen molar-refractivity contribution in [3.8, 4) is 0 Å². The van der Waals surface area contributed by atoms with E-state index in [4.69, 9.17) is 4.43 Å². The lowest BCUT2D eigenvalue weighted by Gasteiger charge is -2.47. The van der Waals surface area contributed by atoms with Crippen molar-refractivity contribution in [3.63, 3.8) is 0 Å². The Bertz CT molecular complexity index is 347. The zero-order valence-electron chi connectivity index (χ0n) is 14.2. The first-order valence-corrected chi connectivity index (χ1v) is 11.2. The Morgan fingerprint density at radius 2 is 1.80 bits per heavy atom. The van der Waals surface area contributed by atoms with Crippen LogP contribution in [0.15, 0.2) is 0 Å². The largest absolute Gasteiger partial charge is 0.420 e. The second-order valence-electron chi connectivity index (χ2n) is 8.04. The smallest absolute Gasteiger partial charge is 0.227 e. The first-order chi connectivity index (χ1) is 8.92. The first kappa shape index (κ1) is 18.0. The van der Waals surface area contributed by atoms with Gasteiger partial charge in [0.15, 0.2) is 9.04 Å². The van der Waals surface area contributed by atoms with E-state index in [1.165, 1.54) is 0 Å². The molecule has 1 heterocycles. The average molecular weight is 318 g/mol. The molecular weight excluding hydrogens is 286 g/mol. The van der Waals surface area contributed by atoms with Gasteiger partial charge in [0.25, 0.3) is 0 Å². The third-order valence-corrected chi connectivity index (χ3v) is 5.78. The Hall–Kier alpha value is -0.00312. The molecule has 0 aliphatic carbocycles. The van der Waals surface area contributed by atoms with E-state index >= 15 is 0 Å². The van der Waals surface area contributed by atoms with E-state index in [0.717, 1.165) is 0 Å². The number of carbonyl (C=O) groups excluding carboxylic acids is 1. The number of rotatable bonds is 5. The van der Waals surface area contributed by atoms with E-state index in [1.807, 2.05) is 11.8 Å². The molecule has 0 spiro atoms. The quantitative estimate of drug-likeness (QED) is 0.625. The standard InChI is InChI=1S/C15H31NO2SSi/c1-14(2,3)10(9-18-20(7)8)11-12(17)16-13(11)19-15(4,5)6/h10-11,13,20H,9H2,1-8H3,(H,16,17)/t10-,11+,13-/m1/s1. The zero-order valence-corrected chi connectivity index (χ0v) is 16.2. The van der Waals surface area contributed by atoms with Crippen LogP contribution in [0, 0.1) is 17.3 Å². The Kier molecular flexibility index (Phi) is 5.78. The molecule has 20 heavy (non-hydrogen) atoms. The lowest BCUT2D eigenvalue weighted by molar-refractivity contribution is -0.138. The minimum Gasteiger partial charge on any atom is -0.420 e.